The van der Waals surface area contributed by atoms with Gasteiger partial charge in [-0.3, -0.25) is 10.1 Å². The molecule has 3 rings (SSSR count). The molecule has 0 aliphatic heterocycles. The number of nitrogens with zero attached hydrogens (tertiary/aromatic N) is 1. The van der Waals surface area contributed by atoms with Crippen LogP contribution in [0.3, 0.4) is 0 Å². The molecular weight excluding hydrogens is 387 g/mol. The first-order valence-corrected chi connectivity index (χ1v) is 8.75. The third kappa shape index (κ3) is 3.26. The predicted octanol–water partition coefficient (Wildman–Crippen LogP) is 5.33. The third-order valence-electron chi connectivity index (χ3n) is 2.93. The number of benzene rings is 1. The highest BCUT2D eigenvalue weighted by Gasteiger charge is 2.14. The van der Waals surface area contributed by atoms with Gasteiger partial charge >= 0.3 is 0 Å². The van der Waals surface area contributed by atoms with Gasteiger partial charge in [0.1, 0.15) is 5.82 Å². The van der Waals surface area contributed by atoms with Gasteiger partial charge in [0.2, 0.25) is 0 Å². The van der Waals surface area contributed by atoms with Crippen molar-refractivity contribution in [2.75, 3.05) is 5.32 Å². The van der Waals surface area contributed by atoms with Gasteiger partial charge in [-0.2, -0.15) is 0 Å². The lowest BCUT2D eigenvalue weighted by Crippen LogP contribution is -2.09. The molecule has 0 spiro atoms. The number of rotatable bonds is 3. The number of aryl methyl sites for hydroxylation is 1. The van der Waals surface area contributed by atoms with Crippen molar-refractivity contribution in [3.8, 4) is 11.3 Å². The molecule has 0 radical (unpaired) electrons. The van der Waals surface area contributed by atoms with Crippen molar-refractivity contribution in [2.24, 2.45) is 0 Å². The average Bonchev–Trinajstić information content (AvgIpc) is 3.06. The molecule has 2 aromatic heterocycles. The number of hydrogen-bond donors (Lipinski definition) is 1. The Morgan fingerprint density at radius 1 is 1.18 bits per heavy atom. The molecule has 112 valence electrons. The molecule has 0 fully saturated rings. The fourth-order valence-corrected chi connectivity index (χ4v) is 4.03. The van der Waals surface area contributed by atoms with Crippen molar-refractivity contribution >= 4 is 49.6 Å². The SMILES string of the molecule is Cc1sc(NC(=O)c2ccc(Br)s2)nc1-c1ccc(F)cc1. The van der Waals surface area contributed by atoms with Crippen LogP contribution in [0.2, 0.25) is 0 Å². The van der Waals surface area contributed by atoms with Crippen molar-refractivity contribution in [1.82, 2.24) is 4.98 Å². The van der Waals surface area contributed by atoms with Crippen molar-refractivity contribution in [1.29, 1.82) is 0 Å². The lowest BCUT2D eigenvalue weighted by molar-refractivity contribution is 0.103. The molecule has 7 heteroatoms. The maximum atomic E-state index is 13.0. The van der Waals surface area contributed by atoms with Crippen molar-refractivity contribution in [3.63, 3.8) is 0 Å². The molecule has 3 aromatic rings. The highest BCUT2D eigenvalue weighted by Crippen LogP contribution is 2.31. The molecule has 2 heterocycles. The number of thiazole rings is 1. The molecule has 0 saturated heterocycles. The monoisotopic (exact) mass is 396 g/mol. The summed E-state index contributed by atoms with van der Waals surface area (Å²) in [5.41, 5.74) is 1.59. The van der Waals surface area contributed by atoms with Crippen molar-refractivity contribution in [2.45, 2.75) is 6.92 Å². The summed E-state index contributed by atoms with van der Waals surface area (Å²) in [5.74, 6) is -0.469. The van der Waals surface area contributed by atoms with Crippen LogP contribution < -0.4 is 5.32 Å². The highest BCUT2D eigenvalue weighted by molar-refractivity contribution is 9.11. The summed E-state index contributed by atoms with van der Waals surface area (Å²) in [5, 5.41) is 3.33. The number of aromatic nitrogens is 1. The lowest BCUT2D eigenvalue weighted by Gasteiger charge is -1.99. The van der Waals surface area contributed by atoms with Crippen LogP contribution in [0.25, 0.3) is 11.3 Å². The maximum Gasteiger partial charge on any atom is 0.267 e. The fourth-order valence-electron chi connectivity index (χ4n) is 1.92. The Morgan fingerprint density at radius 3 is 2.55 bits per heavy atom. The second-order valence-electron chi connectivity index (χ2n) is 4.49. The molecule has 22 heavy (non-hydrogen) atoms. The molecule has 0 bridgehead atoms. The summed E-state index contributed by atoms with van der Waals surface area (Å²) in [6.07, 6.45) is 0. The number of amides is 1. The van der Waals surface area contributed by atoms with E-state index in [1.165, 1.54) is 34.8 Å². The summed E-state index contributed by atoms with van der Waals surface area (Å²) in [4.78, 5) is 18.1. The van der Waals surface area contributed by atoms with E-state index in [0.29, 0.717) is 10.0 Å². The largest absolute Gasteiger partial charge is 0.297 e. The van der Waals surface area contributed by atoms with E-state index in [0.717, 1.165) is 19.9 Å². The number of thiophene rings is 1. The van der Waals surface area contributed by atoms with Gasteiger partial charge in [0.25, 0.3) is 5.91 Å². The first kappa shape index (κ1) is 15.3. The minimum atomic E-state index is -0.284. The molecular formula is C15H10BrFN2OS2. The number of carbonyl (C=O) groups excluding carboxylic acids is 1. The quantitative estimate of drug-likeness (QED) is 0.649. The third-order valence-corrected chi connectivity index (χ3v) is 5.44. The number of halogens is 2. The van der Waals surface area contributed by atoms with E-state index >= 15 is 0 Å². The molecule has 0 aliphatic rings. The van der Waals surface area contributed by atoms with Crippen molar-refractivity contribution in [3.05, 3.63) is 55.8 Å². The van der Waals surface area contributed by atoms with Gasteiger partial charge in [-0.15, -0.1) is 22.7 Å². The van der Waals surface area contributed by atoms with E-state index < -0.39 is 0 Å². The Labute approximate surface area is 143 Å². The van der Waals surface area contributed by atoms with Crippen LogP contribution in [0.5, 0.6) is 0 Å². The van der Waals surface area contributed by atoms with Crippen LogP contribution in [-0.2, 0) is 0 Å². The normalized spacial score (nSPS) is 10.7. The summed E-state index contributed by atoms with van der Waals surface area (Å²) in [6, 6.07) is 9.74. The van der Waals surface area contributed by atoms with Crippen LogP contribution >= 0.6 is 38.6 Å². The lowest BCUT2D eigenvalue weighted by atomic mass is 10.1. The standard InChI is InChI=1S/C15H10BrFN2OS2/c1-8-13(9-2-4-10(17)5-3-9)18-15(21-8)19-14(20)11-6-7-12(16)22-11/h2-7H,1H3,(H,18,19,20). The minimum absolute atomic E-state index is 0.185. The second kappa shape index (κ2) is 6.28. The average molecular weight is 397 g/mol. The molecule has 0 aliphatic carbocycles. The molecule has 0 atom stereocenters. The van der Waals surface area contributed by atoms with E-state index in [2.05, 4.69) is 26.2 Å². The molecule has 0 unspecified atom stereocenters. The van der Waals surface area contributed by atoms with E-state index in [1.807, 2.05) is 13.0 Å². The van der Waals surface area contributed by atoms with Crippen LogP contribution in [0.15, 0.2) is 40.2 Å². The zero-order valence-corrected chi connectivity index (χ0v) is 14.6. The topological polar surface area (TPSA) is 42.0 Å². The number of hydrogen-bond acceptors (Lipinski definition) is 4. The Kier molecular flexibility index (Phi) is 4.37. The number of nitrogens with one attached hydrogen (secondary N) is 1. The molecule has 1 aromatic carbocycles. The van der Waals surface area contributed by atoms with Gasteiger partial charge in [-0.05, 0) is 59.3 Å². The first-order valence-electron chi connectivity index (χ1n) is 6.33. The molecule has 3 nitrogen and oxygen atoms in total. The zero-order chi connectivity index (χ0) is 15.7. The summed E-state index contributed by atoms with van der Waals surface area (Å²) >= 11 is 6.10. The van der Waals surface area contributed by atoms with Crippen LogP contribution in [0, 0.1) is 12.7 Å². The predicted molar refractivity (Wildman–Crippen MR) is 92.2 cm³/mol. The molecule has 0 saturated carbocycles. The van der Waals surface area contributed by atoms with Crippen LogP contribution in [0.1, 0.15) is 14.5 Å². The van der Waals surface area contributed by atoms with Gasteiger partial charge in [-0.25, -0.2) is 9.37 Å². The Morgan fingerprint density at radius 2 is 1.91 bits per heavy atom. The van der Waals surface area contributed by atoms with E-state index in [9.17, 15) is 9.18 Å². The second-order valence-corrected chi connectivity index (χ2v) is 8.15. The minimum Gasteiger partial charge on any atom is -0.297 e. The van der Waals surface area contributed by atoms with E-state index in [-0.39, 0.29) is 11.7 Å². The Bertz CT molecular complexity index is 826. The van der Waals surface area contributed by atoms with Gasteiger partial charge in [0.15, 0.2) is 5.13 Å². The summed E-state index contributed by atoms with van der Waals surface area (Å²) in [7, 11) is 0. The van der Waals surface area contributed by atoms with Gasteiger partial charge < -0.3 is 0 Å². The summed E-state index contributed by atoms with van der Waals surface area (Å²) < 4.78 is 13.9. The van der Waals surface area contributed by atoms with Gasteiger partial charge in [0, 0.05) is 10.4 Å². The zero-order valence-electron chi connectivity index (χ0n) is 11.4. The maximum absolute atomic E-state index is 13.0. The van der Waals surface area contributed by atoms with Crippen molar-refractivity contribution < 1.29 is 9.18 Å². The first-order chi connectivity index (χ1) is 10.5. The fraction of sp³-hybridized carbons (Fsp3) is 0.0667. The number of anilines is 1. The molecule has 1 amide bonds. The van der Waals surface area contributed by atoms with Crippen LogP contribution in [-0.4, -0.2) is 10.9 Å². The smallest absolute Gasteiger partial charge is 0.267 e. The van der Waals surface area contributed by atoms with Gasteiger partial charge in [-0.1, -0.05) is 0 Å². The Balaban J connectivity index is 1.83. The van der Waals surface area contributed by atoms with E-state index in [4.69, 9.17) is 0 Å². The Hall–Kier alpha value is -1.57. The van der Waals surface area contributed by atoms with Gasteiger partial charge in [0.05, 0.1) is 14.4 Å². The highest BCUT2D eigenvalue weighted by atomic mass is 79.9. The number of carbonyl (C=O) groups is 1. The summed E-state index contributed by atoms with van der Waals surface area (Å²) in [6.45, 7) is 1.92. The van der Waals surface area contributed by atoms with E-state index in [1.54, 1.807) is 18.2 Å². The van der Waals surface area contributed by atoms with Crippen LogP contribution in [0.4, 0.5) is 9.52 Å². The molecule has 1 N–H and O–H groups in total.